The van der Waals surface area contributed by atoms with Gasteiger partial charge in [0.25, 0.3) is 0 Å². The van der Waals surface area contributed by atoms with Gasteiger partial charge in [-0.3, -0.25) is 14.5 Å². The molecule has 0 saturated carbocycles. The predicted octanol–water partition coefficient (Wildman–Crippen LogP) is 2.21. The Labute approximate surface area is 126 Å². The highest BCUT2D eigenvalue weighted by molar-refractivity contribution is 6.30. The van der Waals surface area contributed by atoms with Crippen LogP contribution in [0.3, 0.4) is 0 Å². The summed E-state index contributed by atoms with van der Waals surface area (Å²) in [6.45, 7) is 1.20. The number of nitrogens with zero attached hydrogens (tertiary/aromatic N) is 1. The lowest BCUT2D eigenvalue weighted by molar-refractivity contribution is -0.143. The van der Waals surface area contributed by atoms with Gasteiger partial charge in [-0.25, -0.2) is 4.39 Å². The molecule has 0 aromatic heterocycles. The monoisotopic (exact) mass is 314 g/mol. The van der Waals surface area contributed by atoms with Crippen molar-refractivity contribution in [2.75, 3.05) is 25.0 Å². The van der Waals surface area contributed by atoms with E-state index in [9.17, 15) is 14.0 Å². The minimum atomic E-state index is -0.792. The first-order chi connectivity index (χ1) is 9.95. The number of aliphatic carboxylic acids is 1. The van der Waals surface area contributed by atoms with Crippen molar-refractivity contribution in [2.24, 2.45) is 5.92 Å². The van der Waals surface area contributed by atoms with Crippen LogP contribution in [0, 0.1) is 11.7 Å². The fraction of sp³-hybridized carbons (Fsp3) is 0.429. The first kappa shape index (κ1) is 15.7. The minimum absolute atomic E-state index is 0.0490. The van der Waals surface area contributed by atoms with E-state index in [0.29, 0.717) is 31.0 Å². The zero-order valence-corrected chi connectivity index (χ0v) is 12.1. The van der Waals surface area contributed by atoms with Crippen LogP contribution in [0.25, 0.3) is 0 Å². The summed E-state index contributed by atoms with van der Waals surface area (Å²) in [5, 5.41) is 11.7. The van der Waals surface area contributed by atoms with E-state index in [2.05, 4.69) is 5.32 Å². The Kier molecular flexibility index (Phi) is 5.14. The molecule has 0 aliphatic carbocycles. The largest absolute Gasteiger partial charge is 0.481 e. The fourth-order valence-corrected chi connectivity index (χ4v) is 2.50. The van der Waals surface area contributed by atoms with Crippen LogP contribution >= 0.6 is 11.6 Å². The molecule has 1 aliphatic heterocycles. The number of benzene rings is 1. The molecule has 0 spiro atoms. The maximum Gasteiger partial charge on any atom is 0.306 e. The minimum Gasteiger partial charge on any atom is -0.481 e. The van der Waals surface area contributed by atoms with E-state index in [1.54, 1.807) is 0 Å². The average molecular weight is 315 g/mol. The van der Waals surface area contributed by atoms with Gasteiger partial charge in [-0.05, 0) is 44.1 Å². The topological polar surface area (TPSA) is 69.6 Å². The Bertz CT molecular complexity index is 545. The number of likely N-dealkylation sites (tertiary alicyclic amines) is 1. The van der Waals surface area contributed by atoms with E-state index in [-0.39, 0.29) is 24.1 Å². The summed E-state index contributed by atoms with van der Waals surface area (Å²) in [5.74, 6) is -2.02. The van der Waals surface area contributed by atoms with Crippen molar-refractivity contribution in [3.05, 3.63) is 29.0 Å². The number of amides is 1. The molecular weight excluding hydrogens is 299 g/mol. The van der Waals surface area contributed by atoms with Gasteiger partial charge in [0.05, 0.1) is 18.2 Å². The number of piperidine rings is 1. The van der Waals surface area contributed by atoms with E-state index in [1.165, 1.54) is 18.2 Å². The molecule has 21 heavy (non-hydrogen) atoms. The number of carboxylic acid groups (broad SMARTS) is 1. The van der Waals surface area contributed by atoms with Crippen molar-refractivity contribution in [2.45, 2.75) is 12.8 Å². The van der Waals surface area contributed by atoms with E-state index >= 15 is 0 Å². The molecule has 0 radical (unpaired) electrons. The molecule has 0 unspecified atom stereocenters. The Morgan fingerprint density at radius 2 is 2.05 bits per heavy atom. The Morgan fingerprint density at radius 3 is 2.67 bits per heavy atom. The van der Waals surface area contributed by atoms with Crippen LogP contribution in [0.1, 0.15) is 12.8 Å². The third kappa shape index (κ3) is 4.41. The highest BCUT2D eigenvalue weighted by Gasteiger charge is 2.25. The number of carbonyl (C=O) groups excluding carboxylic acids is 1. The number of rotatable bonds is 4. The van der Waals surface area contributed by atoms with Gasteiger partial charge >= 0.3 is 5.97 Å². The summed E-state index contributed by atoms with van der Waals surface area (Å²) in [4.78, 5) is 24.6. The second kappa shape index (κ2) is 6.87. The lowest BCUT2D eigenvalue weighted by atomic mass is 9.97. The highest BCUT2D eigenvalue weighted by atomic mass is 35.5. The van der Waals surface area contributed by atoms with Crippen LogP contribution in [0.15, 0.2) is 18.2 Å². The summed E-state index contributed by atoms with van der Waals surface area (Å²) in [6.07, 6.45) is 1.04. The molecular formula is C14H16ClFN2O3. The molecule has 2 rings (SSSR count). The lowest BCUT2D eigenvalue weighted by Gasteiger charge is -2.29. The highest BCUT2D eigenvalue weighted by Crippen LogP contribution is 2.20. The number of hydrogen-bond acceptors (Lipinski definition) is 3. The predicted molar refractivity (Wildman–Crippen MR) is 76.8 cm³/mol. The SMILES string of the molecule is O=C(CN1CCC(C(=O)O)CC1)Nc1cc(Cl)ccc1F. The van der Waals surface area contributed by atoms with Crippen molar-refractivity contribution < 1.29 is 19.1 Å². The van der Waals surface area contributed by atoms with Gasteiger partial charge < -0.3 is 10.4 Å². The summed E-state index contributed by atoms with van der Waals surface area (Å²) in [5.41, 5.74) is 0.0490. The maximum absolute atomic E-state index is 13.5. The molecule has 0 atom stereocenters. The first-order valence-corrected chi connectivity index (χ1v) is 7.03. The van der Waals surface area contributed by atoms with Gasteiger partial charge in [-0.15, -0.1) is 0 Å². The fourth-order valence-electron chi connectivity index (χ4n) is 2.32. The normalized spacial score (nSPS) is 16.7. The zero-order valence-electron chi connectivity index (χ0n) is 11.3. The molecule has 1 amide bonds. The molecule has 1 heterocycles. The number of hydrogen-bond donors (Lipinski definition) is 2. The van der Waals surface area contributed by atoms with Crippen molar-refractivity contribution in [3.63, 3.8) is 0 Å². The molecule has 1 saturated heterocycles. The van der Waals surface area contributed by atoms with E-state index < -0.39 is 11.8 Å². The van der Waals surface area contributed by atoms with Gasteiger partial charge in [0.15, 0.2) is 0 Å². The molecule has 2 N–H and O–H groups in total. The number of halogens is 2. The van der Waals surface area contributed by atoms with Crippen LogP contribution in [-0.2, 0) is 9.59 Å². The van der Waals surface area contributed by atoms with Crippen LogP contribution in [0.4, 0.5) is 10.1 Å². The second-order valence-electron chi connectivity index (χ2n) is 5.06. The van der Waals surface area contributed by atoms with E-state index in [4.69, 9.17) is 16.7 Å². The summed E-state index contributed by atoms with van der Waals surface area (Å²) in [6, 6.07) is 3.95. The Hall–Kier alpha value is -1.66. The second-order valence-corrected chi connectivity index (χ2v) is 5.50. The smallest absolute Gasteiger partial charge is 0.306 e. The molecule has 1 aromatic rings. The van der Waals surface area contributed by atoms with Gasteiger partial charge in [0.1, 0.15) is 5.82 Å². The summed E-state index contributed by atoms with van der Waals surface area (Å²) in [7, 11) is 0. The van der Waals surface area contributed by atoms with Crippen molar-refractivity contribution >= 4 is 29.2 Å². The molecule has 1 aromatic carbocycles. The van der Waals surface area contributed by atoms with Gasteiger partial charge in [0.2, 0.25) is 5.91 Å². The molecule has 5 nitrogen and oxygen atoms in total. The molecule has 1 aliphatic rings. The van der Waals surface area contributed by atoms with Gasteiger partial charge in [-0.1, -0.05) is 11.6 Å². The van der Waals surface area contributed by atoms with Crippen LogP contribution < -0.4 is 5.32 Å². The van der Waals surface area contributed by atoms with Crippen LogP contribution in [-0.4, -0.2) is 41.5 Å². The van der Waals surface area contributed by atoms with Crippen molar-refractivity contribution in [3.8, 4) is 0 Å². The standard InChI is InChI=1S/C14H16ClFN2O3/c15-10-1-2-11(16)12(7-10)17-13(19)8-18-5-3-9(4-6-18)14(20)21/h1-2,7,9H,3-6,8H2,(H,17,19)(H,20,21). The lowest BCUT2D eigenvalue weighted by Crippen LogP contribution is -2.40. The zero-order chi connectivity index (χ0) is 15.4. The summed E-state index contributed by atoms with van der Waals surface area (Å²) >= 11 is 5.75. The first-order valence-electron chi connectivity index (χ1n) is 6.66. The van der Waals surface area contributed by atoms with Crippen LogP contribution in [0.2, 0.25) is 5.02 Å². The van der Waals surface area contributed by atoms with E-state index in [0.717, 1.165) is 0 Å². The number of carbonyl (C=O) groups is 2. The summed E-state index contributed by atoms with van der Waals surface area (Å²) < 4.78 is 13.5. The van der Waals surface area contributed by atoms with Crippen molar-refractivity contribution in [1.29, 1.82) is 0 Å². The quantitative estimate of drug-likeness (QED) is 0.894. The molecule has 114 valence electrons. The van der Waals surface area contributed by atoms with E-state index in [1.807, 2.05) is 4.90 Å². The average Bonchev–Trinajstić information content (AvgIpc) is 2.43. The Morgan fingerprint density at radius 1 is 1.38 bits per heavy atom. The molecule has 7 heteroatoms. The van der Waals surface area contributed by atoms with Crippen molar-refractivity contribution in [1.82, 2.24) is 4.90 Å². The third-order valence-corrected chi connectivity index (χ3v) is 3.74. The molecule has 0 bridgehead atoms. The third-order valence-electron chi connectivity index (χ3n) is 3.51. The molecule has 1 fully saturated rings. The Balaban J connectivity index is 1.85. The number of anilines is 1. The maximum atomic E-state index is 13.5. The van der Waals surface area contributed by atoms with Gasteiger partial charge in [0, 0.05) is 5.02 Å². The van der Waals surface area contributed by atoms with Crippen LogP contribution in [0.5, 0.6) is 0 Å². The van der Waals surface area contributed by atoms with Gasteiger partial charge in [-0.2, -0.15) is 0 Å². The number of nitrogens with one attached hydrogen (secondary N) is 1. The number of carboxylic acids is 1.